The number of benzene rings is 1. The highest BCUT2D eigenvalue weighted by Gasteiger charge is 2.19. The lowest BCUT2D eigenvalue weighted by Gasteiger charge is -2.15. The molecule has 0 unspecified atom stereocenters. The van der Waals surface area contributed by atoms with Crippen molar-refractivity contribution in [3.63, 3.8) is 0 Å². The first-order chi connectivity index (χ1) is 6.47. The minimum atomic E-state index is -0.491. The fourth-order valence-electron chi connectivity index (χ4n) is 1.19. The number of hydrogen-bond donors (Lipinski definition) is 0. The number of rotatable bonds is 2. The van der Waals surface area contributed by atoms with E-state index >= 15 is 0 Å². The molecule has 2 nitrogen and oxygen atoms in total. The van der Waals surface area contributed by atoms with Gasteiger partial charge in [-0.3, -0.25) is 4.79 Å². The van der Waals surface area contributed by atoms with Crippen molar-refractivity contribution in [2.24, 2.45) is 0 Å². The van der Waals surface area contributed by atoms with Gasteiger partial charge in [0.25, 0.3) is 0 Å². The molecule has 72 valence electrons. The maximum Gasteiger partial charge on any atom is 0.159 e. The van der Waals surface area contributed by atoms with Crippen molar-refractivity contribution in [1.29, 1.82) is 5.26 Å². The van der Waals surface area contributed by atoms with Crippen molar-refractivity contribution in [2.45, 2.75) is 26.2 Å². The van der Waals surface area contributed by atoms with Gasteiger partial charge in [0.15, 0.2) is 5.78 Å². The van der Waals surface area contributed by atoms with E-state index in [2.05, 4.69) is 6.07 Å². The summed E-state index contributed by atoms with van der Waals surface area (Å²) in [5.74, 6) is 0.0475. The molecule has 0 spiro atoms. The second kappa shape index (κ2) is 3.63. The first kappa shape index (κ1) is 10.5. The van der Waals surface area contributed by atoms with Crippen LogP contribution >= 0.6 is 0 Å². The molecule has 0 atom stereocenters. The highest BCUT2D eigenvalue weighted by molar-refractivity contribution is 5.94. The third-order valence-corrected chi connectivity index (χ3v) is 2.29. The smallest absolute Gasteiger partial charge is 0.159 e. The van der Waals surface area contributed by atoms with Crippen LogP contribution in [0.15, 0.2) is 24.3 Å². The summed E-state index contributed by atoms with van der Waals surface area (Å²) in [5.41, 5.74) is 1.13. The molecule has 14 heavy (non-hydrogen) atoms. The second-order valence-electron chi connectivity index (χ2n) is 3.87. The molecular weight excluding hydrogens is 174 g/mol. The Hall–Kier alpha value is -1.62. The number of carbonyl (C=O) groups is 1. The molecule has 0 bridgehead atoms. The quantitative estimate of drug-likeness (QED) is 0.668. The van der Waals surface area contributed by atoms with Gasteiger partial charge in [0.1, 0.15) is 0 Å². The van der Waals surface area contributed by atoms with Crippen LogP contribution < -0.4 is 0 Å². The Morgan fingerprint density at radius 1 is 1.29 bits per heavy atom. The zero-order valence-electron chi connectivity index (χ0n) is 8.66. The maximum atomic E-state index is 11.0. The summed E-state index contributed by atoms with van der Waals surface area (Å²) in [6.07, 6.45) is 0. The molecule has 1 aromatic rings. The molecule has 2 heteroatoms. The third kappa shape index (κ3) is 2.00. The Labute approximate surface area is 84.2 Å². The predicted molar refractivity (Wildman–Crippen MR) is 55.1 cm³/mol. The third-order valence-electron chi connectivity index (χ3n) is 2.29. The van der Waals surface area contributed by atoms with Crippen molar-refractivity contribution in [3.05, 3.63) is 35.4 Å². The van der Waals surface area contributed by atoms with E-state index in [-0.39, 0.29) is 5.78 Å². The number of ketones is 1. The normalized spacial score (nSPS) is 10.7. The number of nitriles is 1. The number of hydrogen-bond acceptors (Lipinski definition) is 2. The van der Waals surface area contributed by atoms with Gasteiger partial charge in [-0.05, 0) is 26.3 Å². The number of Topliss-reactive ketones (excluding diaryl/α,β-unsaturated/α-hetero) is 1. The Morgan fingerprint density at radius 3 is 2.14 bits per heavy atom. The zero-order chi connectivity index (χ0) is 10.8. The van der Waals surface area contributed by atoms with Crippen LogP contribution in [0.3, 0.4) is 0 Å². The molecule has 0 fully saturated rings. The Bertz CT molecular complexity index is 382. The van der Waals surface area contributed by atoms with Crippen molar-refractivity contribution in [2.75, 3.05) is 0 Å². The van der Waals surface area contributed by atoms with Crippen LogP contribution in [0.25, 0.3) is 0 Å². The predicted octanol–water partition coefficient (Wildman–Crippen LogP) is 2.69. The van der Waals surface area contributed by atoms with Gasteiger partial charge in [0.2, 0.25) is 0 Å². The first-order valence-corrected chi connectivity index (χ1v) is 4.50. The van der Waals surface area contributed by atoms with E-state index in [1.807, 2.05) is 26.0 Å². The van der Waals surface area contributed by atoms with Gasteiger partial charge in [-0.15, -0.1) is 0 Å². The molecule has 0 aliphatic carbocycles. The molecule has 1 aromatic carbocycles. The first-order valence-electron chi connectivity index (χ1n) is 4.50. The second-order valence-corrected chi connectivity index (χ2v) is 3.87. The van der Waals surface area contributed by atoms with Crippen LogP contribution in [-0.4, -0.2) is 5.78 Å². The lowest BCUT2D eigenvalue weighted by atomic mass is 9.86. The monoisotopic (exact) mass is 187 g/mol. The van der Waals surface area contributed by atoms with E-state index in [4.69, 9.17) is 5.26 Å². The van der Waals surface area contributed by atoms with Crippen molar-refractivity contribution >= 4 is 5.78 Å². The van der Waals surface area contributed by atoms with Crippen LogP contribution in [-0.2, 0) is 5.41 Å². The van der Waals surface area contributed by atoms with Crippen LogP contribution in [0.4, 0.5) is 0 Å². The van der Waals surface area contributed by atoms with Crippen molar-refractivity contribution in [3.8, 4) is 6.07 Å². The number of nitrogens with zero attached hydrogens (tertiary/aromatic N) is 1. The lowest BCUT2D eigenvalue weighted by molar-refractivity contribution is 0.101. The minimum Gasteiger partial charge on any atom is -0.295 e. The van der Waals surface area contributed by atoms with Crippen LogP contribution in [0.1, 0.15) is 36.7 Å². The van der Waals surface area contributed by atoms with E-state index in [1.54, 1.807) is 12.1 Å². The van der Waals surface area contributed by atoms with Gasteiger partial charge in [-0.2, -0.15) is 5.26 Å². The molecule has 0 saturated carbocycles. The molecule has 1 rings (SSSR count). The molecule has 0 heterocycles. The average Bonchev–Trinajstić information content (AvgIpc) is 2.18. The standard InChI is InChI=1S/C12H13NO/c1-9(14)10-4-6-11(7-5-10)12(2,3)8-13/h4-7H,1-3H3. The summed E-state index contributed by atoms with van der Waals surface area (Å²) in [5, 5.41) is 8.91. The molecule has 0 aromatic heterocycles. The highest BCUT2D eigenvalue weighted by atomic mass is 16.1. The molecule has 0 aliphatic heterocycles. The van der Waals surface area contributed by atoms with Crippen LogP contribution in [0, 0.1) is 11.3 Å². The largest absolute Gasteiger partial charge is 0.295 e. The van der Waals surface area contributed by atoms with E-state index in [0.29, 0.717) is 5.56 Å². The van der Waals surface area contributed by atoms with Crippen molar-refractivity contribution in [1.82, 2.24) is 0 Å². The fraction of sp³-hybridized carbons (Fsp3) is 0.333. The summed E-state index contributed by atoms with van der Waals surface area (Å²) >= 11 is 0. The fourth-order valence-corrected chi connectivity index (χ4v) is 1.19. The van der Waals surface area contributed by atoms with Gasteiger partial charge in [-0.25, -0.2) is 0 Å². The van der Waals surface area contributed by atoms with Gasteiger partial charge in [-0.1, -0.05) is 24.3 Å². The summed E-state index contributed by atoms with van der Waals surface area (Å²) in [6, 6.07) is 9.41. The average molecular weight is 187 g/mol. The Balaban J connectivity index is 3.07. The van der Waals surface area contributed by atoms with Gasteiger partial charge < -0.3 is 0 Å². The molecule has 0 saturated heterocycles. The molecule has 0 amide bonds. The molecule has 0 aliphatic rings. The Kier molecular flexibility index (Phi) is 2.71. The topological polar surface area (TPSA) is 40.9 Å². The maximum absolute atomic E-state index is 11.0. The zero-order valence-corrected chi connectivity index (χ0v) is 8.66. The van der Waals surface area contributed by atoms with E-state index in [0.717, 1.165) is 5.56 Å². The summed E-state index contributed by atoms with van der Waals surface area (Å²) in [4.78, 5) is 11.0. The van der Waals surface area contributed by atoms with E-state index < -0.39 is 5.41 Å². The Morgan fingerprint density at radius 2 is 1.79 bits per heavy atom. The minimum absolute atomic E-state index is 0.0475. The molecular formula is C12H13NO. The van der Waals surface area contributed by atoms with Crippen LogP contribution in [0.5, 0.6) is 0 Å². The van der Waals surface area contributed by atoms with Gasteiger partial charge >= 0.3 is 0 Å². The summed E-state index contributed by atoms with van der Waals surface area (Å²) in [6.45, 7) is 5.25. The SMILES string of the molecule is CC(=O)c1ccc(C(C)(C)C#N)cc1. The van der Waals surface area contributed by atoms with E-state index in [9.17, 15) is 4.79 Å². The highest BCUT2D eigenvalue weighted by Crippen LogP contribution is 2.22. The van der Waals surface area contributed by atoms with Crippen molar-refractivity contribution < 1.29 is 4.79 Å². The number of carbonyl (C=O) groups excluding carboxylic acids is 1. The van der Waals surface area contributed by atoms with Crippen LogP contribution in [0.2, 0.25) is 0 Å². The van der Waals surface area contributed by atoms with Gasteiger partial charge in [0, 0.05) is 5.56 Å². The van der Waals surface area contributed by atoms with Gasteiger partial charge in [0.05, 0.1) is 11.5 Å². The summed E-state index contributed by atoms with van der Waals surface area (Å²) in [7, 11) is 0. The molecule has 0 radical (unpaired) electrons. The van der Waals surface area contributed by atoms with E-state index in [1.165, 1.54) is 6.92 Å². The molecule has 0 N–H and O–H groups in total. The summed E-state index contributed by atoms with van der Waals surface area (Å²) < 4.78 is 0. The lowest BCUT2D eigenvalue weighted by Crippen LogP contribution is -2.13.